The number of amides is 1. The summed E-state index contributed by atoms with van der Waals surface area (Å²) in [4.78, 5) is 15.5. The van der Waals surface area contributed by atoms with Gasteiger partial charge in [-0.1, -0.05) is 48.5 Å². The van der Waals surface area contributed by atoms with E-state index in [1.165, 1.54) is 17.0 Å². The number of hydrogen-bond donors (Lipinski definition) is 1. The number of anilines is 1. The molecule has 3 rings (SSSR count). The Morgan fingerprint density at radius 1 is 0.962 bits per heavy atom. The van der Waals surface area contributed by atoms with Crippen LogP contribution in [0.15, 0.2) is 72.1 Å². The van der Waals surface area contributed by atoms with Crippen molar-refractivity contribution in [2.75, 3.05) is 25.0 Å². The molecule has 0 saturated carbocycles. The summed E-state index contributed by atoms with van der Waals surface area (Å²) in [6.45, 7) is 1.68. The molecular formula is C22H24N2OS. The monoisotopic (exact) mass is 364 g/mol. The van der Waals surface area contributed by atoms with Gasteiger partial charge in [0.25, 0.3) is 5.91 Å². The lowest BCUT2D eigenvalue weighted by atomic mass is 10.1. The molecule has 3 nitrogen and oxygen atoms in total. The minimum atomic E-state index is 0.0234. The number of nitrogens with zero attached hydrogens (tertiary/aromatic N) is 1. The van der Waals surface area contributed by atoms with Gasteiger partial charge in [0, 0.05) is 31.4 Å². The van der Waals surface area contributed by atoms with Crippen molar-refractivity contribution in [1.82, 2.24) is 5.32 Å². The molecule has 3 aromatic rings. The van der Waals surface area contributed by atoms with Crippen LogP contribution in [0.25, 0.3) is 11.1 Å². The van der Waals surface area contributed by atoms with Crippen LogP contribution in [-0.2, 0) is 0 Å². The van der Waals surface area contributed by atoms with Crippen LogP contribution in [0.4, 0.5) is 5.69 Å². The van der Waals surface area contributed by atoms with E-state index >= 15 is 0 Å². The molecule has 0 fully saturated rings. The lowest BCUT2D eigenvalue weighted by Gasteiger charge is -2.19. The summed E-state index contributed by atoms with van der Waals surface area (Å²) in [5.74, 6) is 0.0234. The quantitative estimate of drug-likeness (QED) is 0.567. The van der Waals surface area contributed by atoms with Gasteiger partial charge in [-0.15, -0.1) is 11.3 Å². The molecule has 1 heterocycles. The molecule has 2 aromatic carbocycles. The van der Waals surface area contributed by atoms with Gasteiger partial charge < -0.3 is 10.2 Å². The SMILES string of the molecule is CN(CCCCNC(=O)c1sccc1-c1ccccc1)c1ccccc1. The van der Waals surface area contributed by atoms with Gasteiger partial charge in [0.05, 0.1) is 4.88 Å². The van der Waals surface area contributed by atoms with Crippen LogP contribution in [-0.4, -0.2) is 26.0 Å². The van der Waals surface area contributed by atoms with Crippen molar-refractivity contribution < 1.29 is 4.79 Å². The Hall–Kier alpha value is -2.59. The number of hydrogen-bond acceptors (Lipinski definition) is 3. The molecule has 4 heteroatoms. The Balaban J connectivity index is 1.45. The van der Waals surface area contributed by atoms with Crippen LogP contribution < -0.4 is 10.2 Å². The Kier molecular flexibility index (Phi) is 6.45. The number of nitrogens with one attached hydrogen (secondary N) is 1. The number of rotatable bonds is 8. The maximum absolute atomic E-state index is 12.5. The Bertz CT molecular complexity index is 814. The molecule has 0 radical (unpaired) electrons. The number of unbranched alkanes of at least 4 members (excludes halogenated alkanes) is 1. The molecule has 0 aliphatic heterocycles. The van der Waals surface area contributed by atoms with Crippen molar-refractivity contribution in [2.24, 2.45) is 0 Å². The number of thiophene rings is 1. The Morgan fingerprint density at radius 3 is 2.38 bits per heavy atom. The molecule has 0 aliphatic rings. The van der Waals surface area contributed by atoms with Crippen molar-refractivity contribution in [1.29, 1.82) is 0 Å². The fourth-order valence-electron chi connectivity index (χ4n) is 2.90. The van der Waals surface area contributed by atoms with E-state index in [0.29, 0.717) is 6.54 Å². The highest BCUT2D eigenvalue weighted by Crippen LogP contribution is 2.28. The standard InChI is InChI=1S/C22H24N2OS/c1-24(19-12-6-3-7-13-19)16-9-8-15-23-22(25)21-20(14-17-26-21)18-10-4-2-5-11-18/h2-7,10-14,17H,8-9,15-16H2,1H3,(H,23,25). The summed E-state index contributed by atoms with van der Waals surface area (Å²) >= 11 is 1.50. The van der Waals surface area contributed by atoms with E-state index < -0.39 is 0 Å². The lowest BCUT2D eigenvalue weighted by molar-refractivity contribution is 0.0957. The highest BCUT2D eigenvalue weighted by molar-refractivity contribution is 7.12. The summed E-state index contributed by atoms with van der Waals surface area (Å²) in [7, 11) is 2.10. The van der Waals surface area contributed by atoms with Gasteiger partial charge in [0.15, 0.2) is 0 Å². The minimum absolute atomic E-state index is 0.0234. The number of carbonyl (C=O) groups is 1. The largest absolute Gasteiger partial charge is 0.375 e. The Morgan fingerprint density at radius 2 is 1.65 bits per heavy atom. The summed E-state index contributed by atoms with van der Waals surface area (Å²) < 4.78 is 0. The second kappa shape index (κ2) is 9.20. The maximum Gasteiger partial charge on any atom is 0.261 e. The van der Waals surface area contributed by atoms with Crippen molar-refractivity contribution >= 4 is 22.9 Å². The maximum atomic E-state index is 12.5. The lowest BCUT2D eigenvalue weighted by Crippen LogP contribution is -2.25. The summed E-state index contributed by atoms with van der Waals surface area (Å²) in [6, 6.07) is 22.4. The second-order valence-corrected chi connectivity index (χ2v) is 7.17. The van der Waals surface area contributed by atoms with Crippen LogP contribution >= 0.6 is 11.3 Å². The fraction of sp³-hybridized carbons (Fsp3) is 0.227. The van der Waals surface area contributed by atoms with Gasteiger partial charge in [0.2, 0.25) is 0 Å². The summed E-state index contributed by atoms with van der Waals surface area (Å²) in [5.41, 5.74) is 3.32. The highest BCUT2D eigenvalue weighted by atomic mass is 32.1. The zero-order valence-electron chi connectivity index (χ0n) is 15.0. The first-order valence-corrected chi connectivity index (χ1v) is 9.81. The van der Waals surface area contributed by atoms with Crippen LogP contribution in [0.1, 0.15) is 22.5 Å². The van der Waals surface area contributed by atoms with E-state index in [2.05, 4.69) is 41.5 Å². The summed E-state index contributed by atoms with van der Waals surface area (Å²) in [5, 5.41) is 5.04. The average Bonchev–Trinajstić information content (AvgIpc) is 3.19. The van der Waals surface area contributed by atoms with E-state index in [1.807, 2.05) is 47.8 Å². The highest BCUT2D eigenvalue weighted by Gasteiger charge is 2.13. The topological polar surface area (TPSA) is 32.3 Å². The van der Waals surface area contributed by atoms with Gasteiger partial charge in [-0.25, -0.2) is 0 Å². The molecule has 1 aromatic heterocycles. The van der Waals surface area contributed by atoms with Crippen LogP contribution in [0.3, 0.4) is 0 Å². The number of para-hydroxylation sites is 1. The van der Waals surface area contributed by atoms with Crippen LogP contribution in [0.2, 0.25) is 0 Å². The third-order valence-corrected chi connectivity index (χ3v) is 5.27. The molecule has 1 N–H and O–H groups in total. The molecule has 0 aliphatic carbocycles. The first kappa shape index (κ1) is 18.2. The Labute approximate surface area is 159 Å². The van der Waals surface area contributed by atoms with Crippen molar-refractivity contribution in [2.45, 2.75) is 12.8 Å². The van der Waals surface area contributed by atoms with Gasteiger partial charge in [-0.2, -0.15) is 0 Å². The van der Waals surface area contributed by atoms with Gasteiger partial charge in [-0.3, -0.25) is 4.79 Å². The molecule has 26 heavy (non-hydrogen) atoms. The van der Waals surface area contributed by atoms with E-state index in [9.17, 15) is 4.79 Å². The predicted molar refractivity (Wildman–Crippen MR) is 111 cm³/mol. The van der Waals surface area contributed by atoms with Gasteiger partial charge >= 0.3 is 0 Å². The zero-order valence-corrected chi connectivity index (χ0v) is 15.8. The van der Waals surface area contributed by atoms with Crippen molar-refractivity contribution in [3.05, 3.63) is 77.0 Å². The molecule has 0 spiro atoms. The van der Waals surface area contributed by atoms with Gasteiger partial charge in [0.1, 0.15) is 0 Å². The number of carbonyl (C=O) groups excluding carboxylic acids is 1. The average molecular weight is 365 g/mol. The van der Waals surface area contributed by atoms with Gasteiger partial charge in [-0.05, 0) is 42.0 Å². The first-order chi connectivity index (χ1) is 12.8. The minimum Gasteiger partial charge on any atom is -0.375 e. The molecule has 134 valence electrons. The third-order valence-electron chi connectivity index (χ3n) is 4.36. The smallest absolute Gasteiger partial charge is 0.261 e. The molecule has 0 bridgehead atoms. The molecule has 0 saturated heterocycles. The summed E-state index contributed by atoms with van der Waals surface area (Å²) in [6.07, 6.45) is 2.01. The van der Waals surface area contributed by atoms with Crippen LogP contribution in [0.5, 0.6) is 0 Å². The number of benzene rings is 2. The molecular weight excluding hydrogens is 340 g/mol. The van der Waals surface area contributed by atoms with E-state index in [1.54, 1.807) is 0 Å². The van der Waals surface area contributed by atoms with E-state index in [-0.39, 0.29) is 5.91 Å². The van der Waals surface area contributed by atoms with E-state index in [4.69, 9.17) is 0 Å². The third kappa shape index (κ3) is 4.73. The van der Waals surface area contributed by atoms with Crippen LogP contribution in [0, 0.1) is 0 Å². The molecule has 0 atom stereocenters. The second-order valence-electron chi connectivity index (χ2n) is 6.25. The first-order valence-electron chi connectivity index (χ1n) is 8.93. The van der Waals surface area contributed by atoms with E-state index in [0.717, 1.165) is 35.4 Å². The predicted octanol–water partition coefficient (Wildman–Crippen LogP) is 5.06. The van der Waals surface area contributed by atoms with Crippen molar-refractivity contribution in [3.8, 4) is 11.1 Å². The zero-order chi connectivity index (χ0) is 18.2. The van der Waals surface area contributed by atoms with Crippen molar-refractivity contribution in [3.63, 3.8) is 0 Å². The normalized spacial score (nSPS) is 10.5. The molecule has 0 unspecified atom stereocenters. The fourth-order valence-corrected chi connectivity index (χ4v) is 3.73. The molecule has 1 amide bonds.